The summed E-state index contributed by atoms with van der Waals surface area (Å²) in [7, 11) is 0. The summed E-state index contributed by atoms with van der Waals surface area (Å²) in [6, 6.07) is 4.58. The molecule has 26 heavy (non-hydrogen) atoms. The molecule has 1 atom stereocenters. The fourth-order valence-electron chi connectivity index (χ4n) is 2.95. The second-order valence-electron chi connectivity index (χ2n) is 7.42. The normalized spacial score (nSPS) is 19.4. The summed E-state index contributed by atoms with van der Waals surface area (Å²) in [6.07, 6.45) is -0.990. The molecular weight excluding hydrogens is 346 g/mol. The Morgan fingerprint density at radius 1 is 1.31 bits per heavy atom. The fourth-order valence-corrected chi connectivity index (χ4v) is 2.95. The number of hydrogen-bond acceptors (Lipinski definition) is 5. The van der Waals surface area contributed by atoms with Crippen molar-refractivity contribution in [3.63, 3.8) is 0 Å². The Bertz CT molecular complexity index is 734. The maximum absolute atomic E-state index is 14.1. The Morgan fingerprint density at radius 3 is 2.38 bits per heavy atom. The Kier molecular flexibility index (Phi) is 5.26. The molecule has 8 heteroatoms. The number of hydrogen-bond donors (Lipinski definition) is 2. The first-order valence-electron chi connectivity index (χ1n) is 8.22. The van der Waals surface area contributed by atoms with E-state index in [9.17, 15) is 29.1 Å². The van der Waals surface area contributed by atoms with Crippen molar-refractivity contribution in [2.24, 2.45) is 0 Å². The van der Waals surface area contributed by atoms with Crippen molar-refractivity contribution in [1.82, 2.24) is 4.90 Å². The molecule has 1 fully saturated rings. The van der Waals surface area contributed by atoms with Gasteiger partial charge in [0.2, 0.25) is 5.60 Å². The van der Waals surface area contributed by atoms with E-state index in [-0.39, 0.29) is 25.9 Å². The van der Waals surface area contributed by atoms with Gasteiger partial charge in [-0.2, -0.15) is 5.26 Å². The molecule has 1 saturated heterocycles. The van der Waals surface area contributed by atoms with Crippen molar-refractivity contribution >= 4 is 6.09 Å². The molecule has 0 unspecified atom stereocenters. The van der Waals surface area contributed by atoms with Crippen molar-refractivity contribution in [2.75, 3.05) is 13.1 Å². The first kappa shape index (κ1) is 20.1. The number of nitrogens with zero attached hydrogens (tertiary/aromatic N) is 2. The molecule has 1 aromatic rings. The zero-order chi connectivity index (χ0) is 19.8. The summed E-state index contributed by atoms with van der Waals surface area (Å²) in [5, 5.41) is 31.0. The van der Waals surface area contributed by atoms with E-state index in [1.54, 1.807) is 20.8 Å². The molecule has 142 valence electrons. The molecule has 1 aromatic carbocycles. The highest BCUT2D eigenvalue weighted by Gasteiger charge is 2.54. The molecule has 2 N–H and O–H groups in total. The second-order valence-corrected chi connectivity index (χ2v) is 7.42. The smallest absolute Gasteiger partial charge is 0.410 e. The van der Waals surface area contributed by atoms with Crippen LogP contribution in [-0.4, -0.2) is 45.5 Å². The van der Waals surface area contributed by atoms with Crippen LogP contribution in [0.4, 0.5) is 13.6 Å². The van der Waals surface area contributed by atoms with Gasteiger partial charge < -0.3 is 19.8 Å². The number of rotatable bonds is 2. The van der Waals surface area contributed by atoms with Crippen LogP contribution in [0.5, 0.6) is 0 Å². The average molecular weight is 368 g/mol. The molecule has 0 spiro atoms. The Morgan fingerprint density at radius 2 is 1.88 bits per heavy atom. The minimum Gasteiger partial charge on any atom is -0.444 e. The quantitative estimate of drug-likeness (QED) is 0.782. The Balaban J connectivity index is 2.24. The minimum atomic E-state index is -2.65. The van der Waals surface area contributed by atoms with Gasteiger partial charge in [0.15, 0.2) is 11.6 Å². The summed E-state index contributed by atoms with van der Waals surface area (Å²) in [5.74, 6) is -2.62. The third kappa shape index (κ3) is 3.64. The van der Waals surface area contributed by atoms with Gasteiger partial charge in [0.25, 0.3) is 0 Å². The monoisotopic (exact) mass is 368 g/mol. The van der Waals surface area contributed by atoms with E-state index in [4.69, 9.17) is 4.74 Å². The second kappa shape index (κ2) is 6.82. The summed E-state index contributed by atoms with van der Waals surface area (Å²) < 4.78 is 32.9. The van der Waals surface area contributed by atoms with E-state index >= 15 is 0 Å². The van der Waals surface area contributed by atoms with E-state index in [0.717, 1.165) is 18.2 Å². The average Bonchev–Trinajstić information content (AvgIpc) is 2.55. The lowest BCUT2D eigenvalue weighted by Crippen LogP contribution is -2.58. The largest absolute Gasteiger partial charge is 0.444 e. The van der Waals surface area contributed by atoms with Gasteiger partial charge >= 0.3 is 6.09 Å². The summed E-state index contributed by atoms with van der Waals surface area (Å²) in [5.41, 5.74) is -6.02. The first-order chi connectivity index (χ1) is 11.9. The summed E-state index contributed by atoms with van der Waals surface area (Å²) >= 11 is 0. The van der Waals surface area contributed by atoms with Gasteiger partial charge in [-0.25, -0.2) is 13.6 Å². The number of carbonyl (C=O) groups is 1. The number of likely N-dealkylation sites (tertiary alicyclic amines) is 1. The predicted octanol–water partition coefficient (Wildman–Crippen LogP) is 2.44. The van der Waals surface area contributed by atoms with E-state index in [0.29, 0.717) is 0 Å². The molecule has 0 saturated carbocycles. The van der Waals surface area contributed by atoms with E-state index in [1.165, 1.54) is 11.0 Å². The van der Waals surface area contributed by atoms with Crippen molar-refractivity contribution in [2.45, 2.75) is 50.4 Å². The van der Waals surface area contributed by atoms with Gasteiger partial charge in [0.1, 0.15) is 17.3 Å². The van der Waals surface area contributed by atoms with E-state index < -0.39 is 40.1 Å². The molecule has 0 aliphatic carbocycles. The Hall–Kier alpha value is -2.24. The first-order valence-corrected chi connectivity index (χ1v) is 8.22. The highest BCUT2D eigenvalue weighted by atomic mass is 19.2. The van der Waals surface area contributed by atoms with Crippen molar-refractivity contribution in [3.05, 3.63) is 35.4 Å². The zero-order valence-corrected chi connectivity index (χ0v) is 14.9. The number of piperidine rings is 1. The van der Waals surface area contributed by atoms with E-state index in [2.05, 4.69) is 0 Å². The molecule has 1 aliphatic rings. The van der Waals surface area contributed by atoms with Crippen molar-refractivity contribution in [3.8, 4) is 6.07 Å². The van der Waals surface area contributed by atoms with Crippen LogP contribution in [0.1, 0.15) is 39.2 Å². The molecule has 1 heterocycles. The number of benzene rings is 1. The number of amides is 1. The lowest BCUT2D eigenvalue weighted by atomic mass is 9.72. The standard InChI is InChI=1S/C18H22F2N2O4/c1-16(2,3)26-15(23)22-9-7-17(24,8-10-22)18(25,11-21)12-5-4-6-13(19)14(12)20/h4-6,24-25H,7-10H2,1-3H3/t18-/m1/s1. The number of ether oxygens (including phenoxy) is 1. The molecule has 1 amide bonds. The SMILES string of the molecule is CC(C)(C)OC(=O)N1CCC(O)([C@@](O)(C#N)c2cccc(F)c2F)CC1. The number of nitriles is 1. The molecule has 0 bridgehead atoms. The molecule has 0 aromatic heterocycles. The lowest BCUT2D eigenvalue weighted by Gasteiger charge is -2.44. The maximum Gasteiger partial charge on any atom is 0.410 e. The predicted molar refractivity (Wildman–Crippen MR) is 87.9 cm³/mol. The topological polar surface area (TPSA) is 93.8 Å². The number of carbonyl (C=O) groups excluding carboxylic acids is 1. The fraction of sp³-hybridized carbons (Fsp3) is 0.556. The van der Waals surface area contributed by atoms with Crippen molar-refractivity contribution in [1.29, 1.82) is 5.26 Å². The van der Waals surface area contributed by atoms with Gasteiger partial charge in [-0.1, -0.05) is 12.1 Å². The highest BCUT2D eigenvalue weighted by Crippen LogP contribution is 2.41. The molecule has 1 aliphatic heterocycles. The zero-order valence-electron chi connectivity index (χ0n) is 14.9. The van der Waals surface area contributed by atoms with Gasteiger partial charge in [-0.05, 0) is 39.7 Å². The minimum absolute atomic E-state index is 0.00760. The third-order valence-corrected chi connectivity index (χ3v) is 4.42. The lowest BCUT2D eigenvalue weighted by molar-refractivity contribution is -0.151. The molecular formula is C18H22F2N2O4. The molecule has 2 rings (SSSR count). The Labute approximate surface area is 150 Å². The van der Waals surface area contributed by atoms with Crippen LogP contribution in [-0.2, 0) is 10.3 Å². The molecule has 0 radical (unpaired) electrons. The van der Waals surface area contributed by atoms with Crippen molar-refractivity contribution < 1.29 is 28.5 Å². The van der Waals surface area contributed by atoms with Crippen LogP contribution in [0.25, 0.3) is 0 Å². The van der Waals surface area contributed by atoms with Crippen LogP contribution < -0.4 is 0 Å². The number of halogens is 2. The van der Waals surface area contributed by atoms with Crippen LogP contribution in [0.15, 0.2) is 18.2 Å². The van der Waals surface area contributed by atoms with Gasteiger partial charge in [0, 0.05) is 18.7 Å². The summed E-state index contributed by atoms with van der Waals surface area (Å²) in [6.45, 7) is 5.13. The third-order valence-electron chi connectivity index (χ3n) is 4.42. The van der Waals surface area contributed by atoms with Gasteiger partial charge in [-0.15, -0.1) is 0 Å². The highest BCUT2D eigenvalue weighted by molar-refractivity contribution is 5.68. The van der Waals surface area contributed by atoms with E-state index in [1.807, 2.05) is 0 Å². The van der Waals surface area contributed by atoms with Crippen LogP contribution in [0.3, 0.4) is 0 Å². The van der Waals surface area contributed by atoms with Crippen LogP contribution in [0, 0.1) is 23.0 Å². The molecule has 6 nitrogen and oxygen atoms in total. The van der Waals surface area contributed by atoms with Crippen LogP contribution >= 0.6 is 0 Å². The van der Waals surface area contributed by atoms with Crippen LogP contribution in [0.2, 0.25) is 0 Å². The van der Waals surface area contributed by atoms with Gasteiger partial charge in [-0.3, -0.25) is 0 Å². The van der Waals surface area contributed by atoms with Gasteiger partial charge in [0.05, 0.1) is 0 Å². The number of aliphatic hydroxyl groups is 2. The summed E-state index contributed by atoms with van der Waals surface area (Å²) in [4.78, 5) is 13.4. The maximum atomic E-state index is 14.1.